The maximum atomic E-state index is 12.3. The summed E-state index contributed by atoms with van der Waals surface area (Å²) in [6, 6.07) is 8.52. The van der Waals surface area contributed by atoms with E-state index < -0.39 is 30.6 Å². The molecule has 1 fully saturated rings. The number of nitrogens with one attached hydrogen (secondary N) is 1. The number of halogens is 3. The van der Waals surface area contributed by atoms with Gasteiger partial charge in [-0.25, -0.2) is 0 Å². The summed E-state index contributed by atoms with van der Waals surface area (Å²) in [5.41, 5.74) is 0.832. The second-order valence-corrected chi connectivity index (χ2v) is 5.04. The Labute approximate surface area is 125 Å². The van der Waals surface area contributed by atoms with Gasteiger partial charge >= 0.3 is 6.18 Å². The van der Waals surface area contributed by atoms with Crippen LogP contribution in [0.25, 0.3) is 6.08 Å². The Kier molecular flexibility index (Phi) is 4.85. The fraction of sp³-hybridized carbons (Fsp3) is 0.333. The molecule has 1 aromatic carbocycles. The van der Waals surface area contributed by atoms with E-state index in [4.69, 9.17) is 0 Å². The standard InChI is InChI=1S/C15H15F3N2O2/c16-15(17,18)10-20-9-12(8-14(20)22)19-13(21)7-6-11-4-2-1-3-5-11/h1-7,12H,8-10H2,(H,19,21)/b7-6+/t12-/m0/s1. The molecule has 0 radical (unpaired) electrons. The molecule has 2 amide bonds. The third kappa shape index (κ3) is 4.91. The summed E-state index contributed by atoms with van der Waals surface area (Å²) in [5.74, 6) is -1.04. The molecule has 0 spiro atoms. The van der Waals surface area contributed by atoms with E-state index in [0.717, 1.165) is 5.56 Å². The highest BCUT2D eigenvalue weighted by Crippen LogP contribution is 2.20. The van der Waals surface area contributed by atoms with Gasteiger partial charge in [0, 0.05) is 19.0 Å². The Bertz CT molecular complexity index is 570. The van der Waals surface area contributed by atoms with Gasteiger partial charge in [0.25, 0.3) is 0 Å². The summed E-state index contributed by atoms with van der Waals surface area (Å²) < 4.78 is 36.9. The van der Waals surface area contributed by atoms with Gasteiger partial charge in [0.05, 0.1) is 6.04 Å². The van der Waals surface area contributed by atoms with E-state index in [1.54, 1.807) is 6.08 Å². The fourth-order valence-corrected chi connectivity index (χ4v) is 2.22. The lowest BCUT2D eigenvalue weighted by Gasteiger charge is -2.18. The lowest BCUT2D eigenvalue weighted by Crippen LogP contribution is -2.39. The lowest BCUT2D eigenvalue weighted by atomic mass is 10.2. The quantitative estimate of drug-likeness (QED) is 0.864. The molecule has 0 bridgehead atoms. The molecular formula is C15H15F3N2O2. The molecule has 7 heteroatoms. The van der Waals surface area contributed by atoms with Gasteiger partial charge < -0.3 is 10.2 Å². The maximum Gasteiger partial charge on any atom is 0.406 e. The van der Waals surface area contributed by atoms with Crippen LogP contribution < -0.4 is 5.32 Å². The van der Waals surface area contributed by atoms with E-state index >= 15 is 0 Å². The minimum atomic E-state index is -4.43. The Hall–Kier alpha value is -2.31. The van der Waals surface area contributed by atoms with Crippen LogP contribution in [0.3, 0.4) is 0 Å². The number of likely N-dealkylation sites (tertiary alicyclic amines) is 1. The first kappa shape index (κ1) is 16.1. The van der Waals surface area contributed by atoms with Gasteiger partial charge in [-0.15, -0.1) is 0 Å². The highest BCUT2D eigenvalue weighted by molar-refractivity contribution is 5.92. The molecule has 0 saturated carbocycles. The van der Waals surface area contributed by atoms with Crippen LogP contribution in [0.15, 0.2) is 36.4 Å². The Morgan fingerprint density at radius 1 is 1.32 bits per heavy atom. The van der Waals surface area contributed by atoms with Crippen molar-refractivity contribution < 1.29 is 22.8 Å². The van der Waals surface area contributed by atoms with Crippen molar-refractivity contribution in [3.8, 4) is 0 Å². The smallest absolute Gasteiger partial charge is 0.348 e. The van der Waals surface area contributed by atoms with Gasteiger partial charge in [0.2, 0.25) is 11.8 Å². The predicted octanol–water partition coefficient (Wildman–Crippen LogP) is 1.98. The molecule has 2 rings (SSSR count). The van der Waals surface area contributed by atoms with Crippen LogP contribution in [0.1, 0.15) is 12.0 Å². The zero-order chi connectivity index (χ0) is 16.2. The molecule has 4 nitrogen and oxygen atoms in total. The summed E-state index contributed by atoms with van der Waals surface area (Å²) in [6.45, 7) is -1.40. The van der Waals surface area contributed by atoms with Crippen molar-refractivity contribution in [1.82, 2.24) is 10.2 Å². The summed E-state index contributed by atoms with van der Waals surface area (Å²) in [6.07, 6.45) is -1.64. The number of benzene rings is 1. The number of nitrogens with zero attached hydrogens (tertiary/aromatic N) is 1. The number of rotatable bonds is 4. The van der Waals surface area contributed by atoms with Crippen LogP contribution >= 0.6 is 0 Å². The first-order valence-corrected chi connectivity index (χ1v) is 6.71. The van der Waals surface area contributed by atoms with Crippen LogP contribution in [0.2, 0.25) is 0 Å². The number of hydrogen-bond donors (Lipinski definition) is 1. The number of carbonyl (C=O) groups excluding carboxylic acids is 2. The predicted molar refractivity (Wildman–Crippen MR) is 74.7 cm³/mol. The molecule has 1 heterocycles. The van der Waals surface area contributed by atoms with Crippen LogP contribution in [0.5, 0.6) is 0 Å². The maximum absolute atomic E-state index is 12.3. The molecule has 0 aromatic heterocycles. The molecule has 1 aliphatic heterocycles. The minimum Gasteiger partial charge on any atom is -0.348 e. The molecular weight excluding hydrogens is 297 g/mol. The van der Waals surface area contributed by atoms with E-state index in [1.165, 1.54) is 6.08 Å². The van der Waals surface area contributed by atoms with Gasteiger partial charge in [0.15, 0.2) is 0 Å². The minimum absolute atomic E-state index is 0.110. The van der Waals surface area contributed by atoms with Crippen LogP contribution in [-0.4, -0.2) is 42.0 Å². The molecule has 1 aliphatic rings. The average Bonchev–Trinajstić information content (AvgIpc) is 2.75. The van der Waals surface area contributed by atoms with Crippen molar-refractivity contribution in [2.45, 2.75) is 18.6 Å². The van der Waals surface area contributed by atoms with Gasteiger partial charge in [-0.2, -0.15) is 13.2 Å². The van der Waals surface area contributed by atoms with Gasteiger partial charge in [-0.3, -0.25) is 9.59 Å². The van der Waals surface area contributed by atoms with E-state index in [9.17, 15) is 22.8 Å². The molecule has 22 heavy (non-hydrogen) atoms. The highest BCUT2D eigenvalue weighted by atomic mass is 19.4. The number of hydrogen-bond acceptors (Lipinski definition) is 2. The first-order valence-electron chi connectivity index (χ1n) is 6.71. The van der Waals surface area contributed by atoms with Crippen LogP contribution in [0.4, 0.5) is 13.2 Å². The number of amides is 2. The SMILES string of the molecule is O=C(/C=C/c1ccccc1)N[C@H]1CC(=O)N(CC(F)(F)F)C1. The molecule has 118 valence electrons. The fourth-order valence-electron chi connectivity index (χ4n) is 2.22. The van der Waals surface area contributed by atoms with E-state index in [-0.39, 0.29) is 13.0 Å². The normalized spacial score (nSPS) is 19.0. The van der Waals surface area contributed by atoms with Crippen molar-refractivity contribution in [2.24, 2.45) is 0 Å². The summed E-state index contributed by atoms with van der Waals surface area (Å²) >= 11 is 0. The third-order valence-corrected chi connectivity index (χ3v) is 3.16. The Balaban J connectivity index is 1.85. The molecule has 1 N–H and O–H groups in total. The average molecular weight is 312 g/mol. The van der Waals surface area contributed by atoms with Crippen molar-refractivity contribution in [2.75, 3.05) is 13.1 Å². The topological polar surface area (TPSA) is 49.4 Å². The van der Waals surface area contributed by atoms with Crippen LogP contribution in [-0.2, 0) is 9.59 Å². The second-order valence-electron chi connectivity index (χ2n) is 5.04. The van der Waals surface area contributed by atoms with E-state index in [0.29, 0.717) is 4.90 Å². The molecule has 0 unspecified atom stereocenters. The summed E-state index contributed by atoms with van der Waals surface area (Å²) in [4.78, 5) is 23.9. The summed E-state index contributed by atoms with van der Waals surface area (Å²) in [5, 5.41) is 2.54. The van der Waals surface area contributed by atoms with E-state index in [1.807, 2.05) is 30.3 Å². The number of alkyl halides is 3. The molecule has 1 aromatic rings. The van der Waals surface area contributed by atoms with Crippen molar-refractivity contribution in [3.63, 3.8) is 0 Å². The zero-order valence-electron chi connectivity index (χ0n) is 11.6. The lowest BCUT2D eigenvalue weighted by molar-refractivity contribution is -0.157. The van der Waals surface area contributed by atoms with Gasteiger partial charge in [0.1, 0.15) is 6.54 Å². The van der Waals surface area contributed by atoms with Crippen LogP contribution in [0, 0.1) is 0 Å². The monoisotopic (exact) mass is 312 g/mol. The zero-order valence-corrected chi connectivity index (χ0v) is 11.6. The second kappa shape index (κ2) is 6.64. The summed E-state index contributed by atoms with van der Waals surface area (Å²) in [7, 11) is 0. The molecule has 0 aliphatic carbocycles. The molecule has 1 atom stereocenters. The first-order chi connectivity index (χ1) is 10.3. The van der Waals surface area contributed by atoms with Gasteiger partial charge in [-0.1, -0.05) is 30.3 Å². The van der Waals surface area contributed by atoms with Crippen molar-refractivity contribution in [1.29, 1.82) is 0 Å². The molecule has 1 saturated heterocycles. The largest absolute Gasteiger partial charge is 0.406 e. The highest BCUT2D eigenvalue weighted by Gasteiger charge is 2.38. The van der Waals surface area contributed by atoms with Crippen molar-refractivity contribution in [3.05, 3.63) is 42.0 Å². The number of carbonyl (C=O) groups is 2. The Morgan fingerprint density at radius 2 is 2.00 bits per heavy atom. The van der Waals surface area contributed by atoms with Gasteiger partial charge in [-0.05, 0) is 11.6 Å². The van der Waals surface area contributed by atoms with Crippen molar-refractivity contribution >= 4 is 17.9 Å². The van der Waals surface area contributed by atoms with E-state index in [2.05, 4.69) is 5.32 Å². The Morgan fingerprint density at radius 3 is 2.64 bits per heavy atom. The third-order valence-electron chi connectivity index (χ3n) is 3.16.